The first-order valence-electron chi connectivity index (χ1n) is 16.6. The minimum absolute atomic E-state index is 0.0315. The maximum atomic E-state index is 16.1. The second-order valence-electron chi connectivity index (χ2n) is 13.6. The zero-order chi connectivity index (χ0) is 36.1. The number of benzene rings is 6. The smallest absolute Gasteiger partial charge is 0.309 e. The largest absolute Gasteiger partial charge is 0.420 e. The first kappa shape index (κ1) is 32.7. The summed E-state index contributed by atoms with van der Waals surface area (Å²) in [6.45, 7) is 9.02. The van der Waals surface area contributed by atoms with Crippen LogP contribution in [-0.2, 0) is 12.4 Å². The molecule has 2 aromatic heterocycles. The fourth-order valence-electron chi connectivity index (χ4n) is 7.68. The average Bonchev–Trinajstić information content (AvgIpc) is 3.53. The highest BCUT2D eigenvalue weighted by molar-refractivity contribution is 6.11. The molecule has 0 radical (unpaired) electrons. The van der Waals surface area contributed by atoms with Crippen LogP contribution < -0.4 is 0 Å². The molecular weight excluding hydrogens is 658 g/mol. The number of aromatic nitrogens is 2. The summed E-state index contributed by atoms with van der Waals surface area (Å²) in [5, 5.41) is 2.97. The van der Waals surface area contributed by atoms with E-state index in [-0.39, 0.29) is 22.5 Å². The maximum absolute atomic E-state index is 16.1. The van der Waals surface area contributed by atoms with Gasteiger partial charge in [0.1, 0.15) is 5.56 Å². The topological polar surface area (TPSA) is 9.86 Å². The predicted molar refractivity (Wildman–Crippen MR) is 194 cm³/mol. The van der Waals surface area contributed by atoms with Crippen molar-refractivity contribution in [2.45, 2.75) is 47.0 Å². The highest BCUT2D eigenvalue weighted by atomic mass is 19.4. The van der Waals surface area contributed by atoms with Crippen LogP contribution in [0.1, 0.15) is 38.9 Å². The lowest BCUT2D eigenvalue weighted by Gasteiger charge is -2.24. The summed E-state index contributed by atoms with van der Waals surface area (Å²) < 4.78 is 95.7. The Morgan fingerprint density at radius 2 is 0.804 bits per heavy atom. The van der Waals surface area contributed by atoms with Gasteiger partial charge >= 0.3 is 12.4 Å². The van der Waals surface area contributed by atoms with E-state index in [1.54, 1.807) is 22.1 Å². The molecule has 0 saturated carbocycles. The third kappa shape index (κ3) is 5.19. The highest BCUT2D eigenvalue weighted by Crippen LogP contribution is 2.48. The van der Waals surface area contributed by atoms with Crippen molar-refractivity contribution in [3.8, 4) is 22.5 Å². The summed E-state index contributed by atoms with van der Waals surface area (Å²) in [7, 11) is 0. The molecule has 8 rings (SSSR count). The Morgan fingerprint density at radius 3 is 1.14 bits per heavy atom. The van der Waals surface area contributed by atoms with E-state index in [4.69, 9.17) is 0 Å². The fourth-order valence-corrected chi connectivity index (χ4v) is 7.68. The van der Waals surface area contributed by atoms with Gasteiger partial charge in [-0.3, -0.25) is 0 Å². The minimum Gasteiger partial charge on any atom is -0.309 e. The monoisotopic (exact) mass is 690 g/mol. The van der Waals surface area contributed by atoms with Crippen LogP contribution >= 0.6 is 0 Å². The molecule has 0 N–H and O–H groups in total. The van der Waals surface area contributed by atoms with E-state index in [0.717, 1.165) is 49.9 Å². The second-order valence-corrected chi connectivity index (χ2v) is 13.6. The minimum atomic E-state index is -4.92. The molecule has 6 aromatic carbocycles. The van der Waals surface area contributed by atoms with Crippen LogP contribution in [0.2, 0.25) is 0 Å². The van der Waals surface area contributed by atoms with Gasteiger partial charge in [-0.2, -0.15) is 26.3 Å². The van der Waals surface area contributed by atoms with E-state index in [1.165, 1.54) is 18.2 Å². The molecule has 2 heterocycles. The number of fused-ring (bicyclic) bond motifs is 6. The molecule has 8 aromatic rings. The first-order chi connectivity index (χ1) is 24.1. The van der Waals surface area contributed by atoms with E-state index in [1.807, 2.05) is 100 Å². The van der Waals surface area contributed by atoms with Gasteiger partial charge in [-0.25, -0.2) is 0 Å². The SMILES string of the molecule is Cc1ccc2c3ccc(C)cc3n(-c3cc(-c4c(C)cccc4C(F)(F)F)cc(-n4c5cc(C)ccc5c5ccc(C)cc54)c3C(F)(F)F)c2c1. The summed E-state index contributed by atoms with van der Waals surface area (Å²) in [6.07, 6.45) is -9.68. The van der Waals surface area contributed by atoms with Gasteiger partial charge in [-0.05, 0) is 116 Å². The van der Waals surface area contributed by atoms with Gasteiger partial charge in [0.25, 0.3) is 0 Å². The molecule has 2 nitrogen and oxygen atoms in total. The zero-order valence-electron chi connectivity index (χ0n) is 28.5. The van der Waals surface area contributed by atoms with Crippen molar-refractivity contribution in [2.75, 3.05) is 0 Å². The number of rotatable bonds is 3. The van der Waals surface area contributed by atoms with Crippen LogP contribution in [-0.4, -0.2) is 9.13 Å². The van der Waals surface area contributed by atoms with Crippen molar-refractivity contribution < 1.29 is 26.3 Å². The van der Waals surface area contributed by atoms with Crippen LogP contribution in [0.3, 0.4) is 0 Å². The molecule has 0 aliphatic heterocycles. The Hall–Kier alpha value is -5.50. The number of hydrogen-bond acceptors (Lipinski definition) is 0. The number of hydrogen-bond donors (Lipinski definition) is 0. The normalized spacial score (nSPS) is 12.6. The summed E-state index contributed by atoms with van der Waals surface area (Å²) in [5.74, 6) is 0. The lowest BCUT2D eigenvalue weighted by molar-refractivity contribution is -0.138. The molecular formula is C43H32F6N2. The molecule has 8 heteroatoms. The number of alkyl halides is 6. The van der Waals surface area contributed by atoms with Gasteiger partial charge < -0.3 is 9.13 Å². The number of nitrogens with zero attached hydrogens (tertiary/aromatic N) is 2. The quantitative estimate of drug-likeness (QED) is 0.163. The maximum Gasteiger partial charge on any atom is 0.420 e. The summed E-state index contributed by atoms with van der Waals surface area (Å²) in [4.78, 5) is 0. The molecule has 256 valence electrons. The van der Waals surface area contributed by atoms with Crippen LogP contribution in [0.25, 0.3) is 66.1 Å². The molecule has 0 aliphatic rings. The summed E-state index contributed by atoms with van der Waals surface area (Å²) in [5.41, 5.74) is 3.24. The summed E-state index contributed by atoms with van der Waals surface area (Å²) >= 11 is 0. The average molecular weight is 691 g/mol. The van der Waals surface area contributed by atoms with Crippen molar-refractivity contribution in [3.05, 3.63) is 142 Å². The van der Waals surface area contributed by atoms with Crippen molar-refractivity contribution in [1.29, 1.82) is 0 Å². The van der Waals surface area contributed by atoms with Crippen LogP contribution in [0.4, 0.5) is 26.3 Å². The zero-order valence-corrected chi connectivity index (χ0v) is 28.5. The Balaban J connectivity index is 1.66. The molecule has 0 bridgehead atoms. The van der Waals surface area contributed by atoms with Crippen molar-refractivity contribution in [1.82, 2.24) is 9.13 Å². The molecule has 0 atom stereocenters. The van der Waals surface area contributed by atoms with Crippen LogP contribution in [0.5, 0.6) is 0 Å². The molecule has 51 heavy (non-hydrogen) atoms. The fraction of sp³-hybridized carbons (Fsp3) is 0.163. The Kier molecular flexibility index (Phi) is 7.21. The Morgan fingerprint density at radius 1 is 0.431 bits per heavy atom. The molecule has 0 fully saturated rings. The van der Waals surface area contributed by atoms with Crippen LogP contribution in [0, 0.1) is 34.6 Å². The second kappa shape index (κ2) is 11.3. The van der Waals surface area contributed by atoms with Crippen molar-refractivity contribution in [3.63, 3.8) is 0 Å². The van der Waals surface area contributed by atoms with E-state index in [0.29, 0.717) is 27.6 Å². The molecule has 0 spiro atoms. The van der Waals surface area contributed by atoms with E-state index in [2.05, 4.69) is 0 Å². The Bertz CT molecular complexity index is 2460. The van der Waals surface area contributed by atoms with Crippen LogP contribution in [0.15, 0.2) is 103 Å². The molecule has 0 amide bonds. The van der Waals surface area contributed by atoms with Gasteiger partial charge in [0.2, 0.25) is 0 Å². The predicted octanol–water partition coefficient (Wildman–Crippen LogP) is 13.1. The Labute approximate surface area is 290 Å². The van der Waals surface area contributed by atoms with Gasteiger partial charge in [-0.1, -0.05) is 60.7 Å². The third-order valence-electron chi connectivity index (χ3n) is 9.89. The van der Waals surface area contributed by atoms with Gasteiger partial charge in [-0.15, -0.1) is 0 Å². The van der Waals surface area contributed by atoms with Gasteiger partial charge in [0.15, 0.2) is 0 Å². The lowest BCUT2D eigenvalue weighted by atomic mass is 9.92. The highest BCUT2D eigenvalue weighted by Gasteiger charge is 2.41. The molecule has 0 aliphatic carbocycles. The standard InChI is InChI=1S/C43H32F6N2/c1-23-9-13-29-30-14-10-24(2)18-35(30)50(34(29)17-23)38-21-28(40-27(5)7-6-8-33(40)42(44,45)46)22-39(41(38)43(47,48)49)51-36-19-25(3)11-15-31(36)32-16-12-26(4)20-37(32)51/h6-22H,1-5H3. The first-order valence-corrected chi connectivity index (χ1v) is 16.6. The lowest BCUT2D eigenvalue weighted by Crippen LogP contribution is -2.17. The van der Waals surface area contributed by atoms with Gasteiger partial charge in [0, 0.05) is 21.5 Å². The third-order valence-corrected chi connectivity index (χ3v) is 9.89. The van der Waals surface area contributed by atoms with E-state index < -0.39 is 23.5 Å². The number of aryl methyl sites for hydroxylation is 5. The van der Waals surface area contributed by atoms with Gasteiger partial charge in [0.05, 0.1) is 39.0 Å². The number of halogens is 6. The van der Waals surface area contributed by atoms with E-state index in [9.17, 15) is 13.2 Å². The van der Waals surface area contributed by atoms with E-state index >= 15 is 13.2 Å². The molecule has 0 saturated heterocycles. The van der Waals surface area contributed by atoms with Crippen molar-refractivity contribution >= 4 is 43.6 Å². The van der Waals surface area contributed by atoms with Crippen molar-refractivity contribution in [2.24, 2.45) is 0 Å². The molecule has 0 unspecified atom stereocenters. The summed E-state index contributed by atoms with van der Waals surface area (Å²) in [6, 6.07) is 29.0.